The van der Waals surface area contributed by atoms with Crippen molar-refractivity contribution < 1.29 is 24.2 Å². The van der Waals surface area contributed by atoms with Gasteiger partial charge in [-0.05, 0) is 24.5 Å². The number of morpholine rings is 1. The molecule has 1 aromatic rings. The summed E-state index contributed by atoms with van der Waals surface area (Å²) in [6, 6.07) is 7.44. The van der Waals surface area contributed by atoms with E-state index in [1.807, 2.05) is 18.2 Å². The summed E-state index contributed by atoms with van der Waals surface area (Å²) in [5.74, 6) is -0.936. The predicted octanol–water partition coefficient (Wildman–Crippen LogP) is 2.09. The smallest absolute Gasteiger partial charge is 0.306 e. The van der Waals surface area contributed by atoms with Crippen LogP contribution >= 0.6 is 11.6 Å². The highest BCUT2D eigenvalue weighted by molar-refractivity contribution is 6.31. The second-order valence-corrected chi connectivity index (χ2v) is 6.92. The average molecular weight is 368 g/mol. The van der Waals surface area contributed by atoms with Crippen LogP contribution in [0.15, 0.2) is 24.3 Å². The van der Waals surface area contributed by atoms with E-state index in [9.17, 15) is 9.59 Å². The van der Waals surface area contributed by atoms with Crippen molar-refractivity contribution in [1.29, 1.82) is 0 Å². The molecule has 2 aliphatic heterocycles. The molecule has 3 rings (SSSR count). The van der Waals surface area contributed by atoms with E-state index >= 15 is 0 Å². The van der Waals surface area contributed by atoms with Crippen LogP contribution in [0.2, 0.25) is 5.02 Å². The van der Waals surface area contributed by atoms with Gasteiger partial charge in [0, 0.05) is 31.3 Å². The Labute approximate surface area is 151 Å². The Morgan fingerprint density at radius 1 is 1.24 bits per heavy atom. The van der Waals surface area contributed by atoms with Crippen LogP contribution in [0.25, 0.3) is 0 Å². The van der Waals surface area contributed by atoms with Crippen LogP contribution in [0.1, 0.15) is 24.8 Å². The fraction of sp³-hybridized carbons (Fsp3) is 0.556. The normalized spacial score (nSPS) is 23.2. The Morgan fingerprint density at radius 3 is 2.64 bits per heavy atom. The van der Waals surface area contributed by atoms with Gasteiger partial charge in [-0.25, -0.2) is 0 Å². The number of nitrogens with zero attached hydrogens (tertiary/aromatic N) is 1. The lowest BCUT2D eigenvalue weighted by molar-refractivity contribution is -0.153. The second kappa shape index (κ2) is 7.72. The van der Waals surface area contributed by atoms with Gasteiger partial charge in [-0.1, -0.05) is 29.8 Å². The highest BCUT2D eigenvalue weighted by Gasteiger charge is 2.46. The summed E-state index contributed by atoms with van der Waals surface area (Å²) in [5, 5.41) is 9.56. The zero-order chi connectivity index (χ0) is 17.9. The molecule has 1 atom stereocenters. The summed E-state index contributed by atoms with van der Waals surface area (Å²) in [6.07, 6.45) is 0.553. The summed E-state index contributed by atoms with van der Waals surface area (Å²) >= 11 is 6.41. The molecule has 0 spiro atoms. The molecule has 1 aromatic carbocycles. The van der Waals surface area contributed by atoms with E-state index in [2.05, 4.69) is 0 Å². The maximum Gasteiger partial charge on any atom is 0.306 e. The minimum atomic E-state index is -0.925. The quantitative estimate of drug-likeness (QED) is 0.881. The molecule has 0 aromatic heterocycles. The number of carboxylic acid groups (broad SMARTS) is 1. The molecule has 0 unspecified atom stereocenters. The van der Waals surface area contributed by atoms with Crippen molar-refractivity contribution in [2.24, 2.45) is 0 Å². The standard InChI is InChI=1S/C18H22ClNO5/c19-15-4-2-1-3-14(15)18(5-8-24-9-6-18)17(23)20-7-10-25-13(12-20)11-16(21)22/h1-4,13H,5-12H2,(H,21,22)/t13-/m0/s1. The number of amides is 1. The maximum absolute atomic E-state index is 13.5. The molecule has 1 amide bonds. The number of ether oxygens (including phenoxy) is 2. The van der Waals surface area contributed by atoms with Gasteiger partial charge in [0.05, 0.1) is 24.5 Å². The maximum atomic E-state index is 13.5. The van der Waals surface area contributed by atoms with Crippen molar-refractivity contribution in [3.8, 4) is 0 Å². The first-order chi connectivity index (χ1) is 12.0. The SMILES string of the molecule is O=C(O)C[C@H]1CN(C(=O)C2(c3ccccc3Cl)CCOCC2)CCO1. The molecule has 2 heterocycles. The number of hydrogen-bond donors (Lipinski definition) is 1. The zero-order valence-corrected chi connectivity index (χ0v) is 14.7. The Balaban J connectivity index is 1.87. The fourth-order valence-corrected chi connectivity index (χ4v) is 4.01. The molecule has 0 aliphatic carbocycles. The molecule has 2 aliphatic rings. The van der Waals surface area contributed by atoms with Crippen LogP contribution in [-0.4, -0.2) is 60.9 Å². The van der Waals surface area contributed by atoms with Crippen LogP contribution in [0, 0.1) is 0 Å². The van der Waals surface area contributed by atoms with Crippen molar-refractivity contribution in [1.82, 2.24) is 4.90 Å². The summed E-state index contributed by atoms with van der Waals surface area (Å²) < 4.78 is 11.0. The molecular formula is C18H22ClNO5. The number of rotatable bonds is 4. The van der Waals surface area contributed by atoms with Gasteiger partial charge in [0.1, 0.15) is 0 Å². The van der Waals surface area contributed by atoms with Crippen LogP contribution < -0.4 is 0 Å². The first kappa shape index (κ1) is 18.2. The van der Waals surface area contributed by atoms with Crippen molar-refractivity contribution in [2.75, 3.05) is 32.9 Å². The summed E-state index contributed by atoms with van der Waals surface area (Å²) in [4.78, 5) is 26.2. The third kappa shape index (κ3) is 3.81. The summed E-state index contributed by atoms with van der Waals surface area (Å²) in [5.41, 5.74) is 0.105. The van der Waals surface area contributed by atoms with Crippen molar-refractivity contribution in [2.45, 2.75) is 30.8 Å². The lowest BCUT2D eigenvalue weighted by Crippen LogP contribution is -2.55. The zero-order valence-electron chi connectivity index (χ0n) is 13.9. The van der Waals surface area contributed by atoms with E-state index in [0.29, 0.717) is 44.2 Å². The molecule has 136 valence electrons. The number of carboxylic acids is 1. The van der Waals surface area contributed by atoms with Crippen LogP contribution in [-0.2, 0) is 24.5 Å². The van der Waals surface area contributed by atoms with Gasteiger partial charge < -0.3 is 19.5 Å². The highest BCUT2D eigenvalue weighted by atomic mass is 35.5. The molecule has 0 radical (unpaired) electrons. The molecular weight excluding hydrogens is 346 g/mol. The van der Waals surface area contributed by atoms with E-state index in [1.165, 1.54) is 0 Å². The number of hydrogen-bond acceptors (Lipinski definition) is 4. The minimum absolute atomic E-state index is 0.0115. The van der Waals surface area contributed by atoms with E-state index < -0.39 is 17.5 Å². The van der Waals surface area contributed by atoms with Gasteiger partial charge in [0.25, 0.3) is 0 Å². The molecule has 1 N–H and O–H groups in total. The second-order valence-electron chi connectivity index (χ2n) is 6.52. The van der Waals surface area contributed by atoms with Gasteiger partial charge in [0.15, 0.2) is 0 Å². The van der Waals surface area contributed by atoms with Crippen LogP contribution in [0.5, 0.6) is 0 Å². The fourth-order valence-electron chi connectivity index (χ4n) is 3.69. The molecule has 0 bridgehead atoms. The van der Waals surface area contributed by atoms with Crippen LogP contribution in [0.4, 0.5) is 0 Å². The number of benzene rings is 1. The van der Waals surface area contributed by atoms with E-state index in [0.717, 1.165) is 5.56 Å². The van der Waals surface area contributed by atoms with Crippen molar-refractivity contribution >= 4 is 23.5 Å². The third-order valence-corrected chi connectivity index (χ3v) is 5.30. The van der Waals surface area contributed by atoms with Crippen molar-refractivity contribution in [3.63, 3.8) is 0 Å². The Morgan fingerprint density at radius 2 is 1.96 bits per heavy atom. The topological polar surface area (TPSA) is 76.1 Å². The van der Waals surface area contributed by atoms with Crippen molar-refractivity contribution in [3.05, 3.63) is 34.9 Å². The Bertz CT molecular complexity index is 644. The van der Waals surface area contributed by atoms with Gasteiger partial charge in [-0.2, -0.15) is 0 Å². The number of halogens is 1. The molecule has 0 saturated carbocycles. The Kier molecular flexibility index (Phi) is 5.61. The van der Waals surface area contributed by atoms with E-state index in [-0.39, 0.29) is 18.9 Å². The number of carbonyl (C=O) groups is 2. The molecule has 25 heavy (non-hydrogen) atoms. The summed E-state index contributed by atoms with van der Waals surface area (Å²) in [7, 11) is 0. The van der Waals surface area contributed by atoms with Gasteiger partial charge in [-0.15, -0.1) is 0 Å². The summed E-state index contributed by atoms with van der Waals surface area (Å²) in [6.45, 7) is 2.10. The van der Waals surface area contributed by atoms with E-state index in [4.69, 9.17) is 26.2 Å². The third-order valence-electron chi connectivity index (χ3n) is 4.97. The largest absolute Gasteiger partial charge is 0.481 e. The van der Waals surface area contributed by atoms with Gasteiger partial charge in [0.2, 0.25) is 5.91 Å². The molecule has 2 saturated heterocycles. The monoisotopic (exact) mass is 367 g/mol. The van der Waals surface area contributed by atoms with Gasteiger partial charge >= 0.3 is 5.97 Å². The predicted molar refractivity (Wildman–Crippen MR) is 91.8 cm³/mol. The number of carbonyl (C=O) groups excluding carboxylic acids is 1. The lowest BCUT2D eigenvalue weighted by Gasteiger charge is -2.42. The molecule has 2 fully saturated rings. The van der Waals surface area contributed by atoms with E-state index in [1.54, 1.807) is 11.0 Å². The number of aliphatic carboxylic acids is 1. The average Bonchev–Trinajstić information content (AvgIpc) is 2.62. The first-order valence-electron chi connectivity index (χ1n) is 8.48. The molecule has 6 nitrogen and oxygen atoms in total. The van der Waals surface area contributed by atoms with Crippen LogP contribution in [0.3, 0.4) is 0 Å². The Hall–Kier alpha value is -1.63. The lowest BCUT2D eigenvalue weighted by atomic mass is 9.72. The highest BCUT2D eigenvalue weighted by Crippen LogP contribution is 2.40. The van der Waals surface area contributed by atoms with Gasteiger partial charge in [-0.3, -0.25) is 9.59 Å². The minimum Gasteiger partial charge on any atom is -0.481 e. The molecule has 7 heteroatoms. The first-order valence-corrected chi connectivity index (χ1v) is 8.86.